The molecule has 2 heterocycles. The molecule has 3 aromatic rings. The average Bonchev–Trinajstić information content (AvgIpc) is 3.06. The smallest absolute Gasteiger partial charge is 0.232 e. The minimum atomic E-state index is -3.81. The van der Waals surface area contributed by atoms with E-state index in [-0.39, 0.29) is 16.9 Å². The zero-order valence-electron chi connectivity index (χ0n) is 15.6. The van der Waals surface area contributed by atoms with Gasteiger partial charge in [-0.15, -0.1) is 0 Å². The predicted molar refractivity (Wildman–Crippen MR) is 102 cm³/mol. The van der Waals surface area contributed by atoms with E-state index in [9.17, 15) is 8.42 Å². The SMILES string of the molecule is Cc1ccc(C)c(-n2ccnc2S(=O)(=O)Cc2nc(N)nc(N(C)C)n2)c1. The molecule has 0 aliphatic heterocycles. The maximum absolute atomic E-state index is 13.0. The van der Waals surface area contributed by atoms with Crippen molar-refractivity contribution in [1.29, 1.82) is 0 Å². The van der Waals surface area contributed by atoms with Crippen molar-refractivity contribution in [3.8, 4) is 5.69 Å². The molecule has 3 rings (SSSR count). The number of imidazole rings is 1. The van der Waals surface area contributed by atoms with E-state index in [1.54, 1.807) is 29.8 Å². The number of hydrogen-bond acceptors (Lipinski definition) is 8. The van der Waals surface area contributed by atoms with Crippen LogP contribution in [0.1, 0.15) is 17.0 Å². The van der Waals surface area contributed by atoms with Gasteiger partial charge in [0.1, 0.15) is 5.75 Å². The Balaban J connectivity index is 2.03. The van der Waals surface area contributed by atoms with Gasteiger partial charge < -0.3 is 10.6 Å². The van der Waals surface area contributed by atoms with Crippen LogP contribution < -0.4 is 10.6 Å². The predicted octanol–water partition coefficient (Wildman–Crippen LogP) is 1.30. The van der Waals surface area contributed by atoms with E-state index in [0.29, 0.717) is 5.95 Å². The van der Waals surface area contributed by atoms with E-state index in [2.05, 4.69) is 19.9 Å². The first-order valence-electron chi connectivity index (χ1n) is 8.19. The lowest BCUT2D eigenvalue weighted by molar-refractivity contribution is 0.581. The normalized spacial score (nSPS) is 11.6. The first kappa shape index (κ1) is 18.8. The van der Waals surface area contributed by atoms with Crippen LogP contribution in [0.2, 0.25) is 0 Å². The fourth-order valence-corrected chi connectivity index (χ4v) is 3.88. The molecule has 0 spiro atoms. The molecule has 9 nitrogen and oxygen atoms in total. The molecule has 0 aliphatic carbocycles. The third-order valence-corrected chi connectivity index (χ3v) is 5.41. The number of nitrogen functional groups attached to an aromatic ring is 1. The van der Waals surface area contributed by atoms with E-state index < -0.39 is 15.6 Å². The molecule has 0 radical (unpaired) electrons. The molecule has 142 valence electrons. The molecule has 10 heteroatoms. The van der Waals surface area contributed by atoms with Crippen LogP contribution in [0.15, 0.2) is 35.7 Å². The van der Waals surface area contributed by atoms with Crippen LogP contribution in [0.4, 0.5) is 11.9 Å². The Labute approximate surface area is 157 Å². The highest BCUT2D eigenvalue weighted by molar-refractivity contribution is 7.90. The summed E-state index contributed by atoms with van der Waals surface area (Å²) in [7, 11) is -0.340. The van der Waals surface area contributed by atoms with Crippen molar-refractivity contribution < 1.29 is 8.42 Å². The van der Waals surface area contributed by atoms with Crippen molar-refractivity contribution in [1.82, 2.24) is 24.5 Å². The molecule has 0 saturated heterocycles. The number of rotatable bonds is 5. The number of hydrogen-bond donors (Lipinski definition) is 1. The van der Waals surface area contributed by atoms with Gasteiger partial charge in [0.15, 0.2) is 5.82 Å². The number of nitrogens with zero attached hydrogens (tertiary/aromatic N) is 6. The number of aryl methyl sites for hydroxylation is 2. The minimum absolute atomic E-state index is 0.0308. The molecule has 0 saturated carbocycles. The Kier molecular flexibility index (Phi) is 4.83. The van der Waals surface area contributed by atoms with Crippen molar-refractivity contribution in [3.63, 3.8) is 0 Å². The monoisotopic (exact) mass is 387 g/mol. The molecule has 0 bridgehead atoms. The Hall–Kier alpha value is -3.01. The maximum atomic E-state index is 13.0. The summed E-state index contributed by atoms with van der Waals surface area (Å²) in [5.74, 6) is -0.0911. The Morgan fingerprint density at radius 1 is 1.15 bits per heavy atom. The van der Waals surface area contributed by atoms with Gasteiger partial charge in [0.2, 0.25) is 26.9 Å². The number of aromatic nitrogens is 5. The van der Waals surface area contributed by atoms with E-state index in [1.165, 1.54) is 6.20 Å². The molecule has 1 aromatic carbocycles. The molecule has 2 aromatic heterocycles. The van der Waals surface area contributed by atoms with E-state index in [1.807, 2.05) is 32.0 Å². The minimum Gasteiger partial charge on any atom is -0.368 e. The Morgan fingerprint density at radius 2 is 1.89 bits per heavy atom. The van der Waals surface area contributed by atoms with Crippen molar-refractivity contribution in [2.45, 2.75) is 24.8 Å². The molecule has 0 fully saturated rings. The fraction of sp³-hybridized carbons (Fsp3) is 0.294. The lowest BCUT2D eigenvalue weighted by Crippen LogP contribution is -2.19. The van der Waals surface area contributed by atoms with Crippen LogP contribution in [0.5, 0.6) is 0 Å². The van der Waals surface area contributed by atoms with Gasteiger partial charge in [-0.2, -0.15) is 15.0 Å². The fourth-order valence-electron chi connectivity index (χ4n) is 2.61. The summed E-state index contributed by atoms with van der Waals surface area (Å²) in [5, 5.41) is -0.0680. The topological polar surface area (TPSA) is 120 Å². The third-order valence-electron chi connectivity index (χ3n) is 3.92. The molecular formula is C17H21N7O2S. The van der Waals surface area contributed by atoms with Gasteiger partial charge in [-0.3, -0.25) is 4.57 Å². The third kappa shape index (κ3) is 3.90. The number of nitrogens with two attached hydrogens (primary N) is 1. The summed E-state index contributed by atoms with van der Waals surface area (Å²) >= 11 is 0. The van der Waals surface area contributed by atoms with Gasteiger partial charge in [-0.1, -0.05) is 12.1 Å². The van der Waals surface area contributed by atoms with Gasteiger partial charge in [0.25, 0.3) is 0 Å². The Bertz CT molecular complexity index is 1090. The van der Waals surface area contributed by atoms with Crippen LogP contribution >= 0.6 is 0 Å². The number of benzene rings is 1. The van der Waals surface area contributed by atoms with Crippen LogP contribution in [-0.4, -0.2) is 47.0 Å². The highest BCUT2D eigenvalue weighted by Gasteiger charge is 2.25. The highest BCUT2D eigenvalue weighted by atomic mass is 32.2. The summed E-state index contributed by atoms with van der Waals surface area (Å²) in [5.41, 5.74) is 8.41. The van der Waals surface area contributed by atoms with Crippen molar-refractivity contribution in [3.05, 3.63) is 47.5 Å². The maximum Gasteiger partial charge on any atom is 0.232 e. The standard InChI is InChI=1S/C17H21N7O2S/c1-11-5-6-12(2)13(9-11)24-8-7-19-17(24)27(25,26)10-14-20-15(18)22-16(21-14)23(3)4/h5-9H,10H2,1-4H3,(H2,18,20,21,22). The molecule has 2 N–H and O–H groups in total. The number of anilines is 2. The average molecular weight is 387 g/mol. The van der Waals surface area contributed by atoms with E-state index in [0.717, 1.165) is 16.8 Å². The van der Waals surface area contributed by atoms with Gasteiger partial charge in [-0.05, 0) is 31.0 Å². The van der Waals surface area contributed by atoms with E-state index >= 15 is 0 Å². The quantitative estimate of drug-likeness (QED) is 0.695. The van der Waals surface area contributed by atoms with Crippen LogP contribution in [0.3, 0.4) is 0 Å². The van der Waals surface area contributed by atoms with Gasteiger partial charge >= 0.3 is 0 Å². The molecule has 0 atom stereocenters. The zero-order chi connectivity index (χ0) is 19.8. The summed E-state index contributed by atoms with van der Waals surface area (Å²) in [6.45, 7) is 3.87. The zero-order valence-corrected chi connectivity index (χ0v) is 16.4. The van der Waals surface area contributed by atoms with Crippen molar-refractivity contribution in [2.75, 3.05) is 24.7 Å². The summed E-state index contributed by atoms with van der Waals surface area (Å²) in [6, 6.07) is 5.83. The second-order valence-corrected chi connectivity index (χ2v) is 8.32. The van der Waals surface area contributed by atoms with Crippen molar-refractivity contribution in [2.24, 2.45) is 0 Å². The van der Waals surface area contributed by atoms with Crippen LogP contribution in [0, 0.1) is 13.8 Å². The van der Waals surface area contributed by atoms with Gasteiger partial charge in [-0.25, -0.2) is 13.4 Å². The molecule has 0 aliphatic rings. The summed E-state index contributed by atoms with van der Waals surface area (Å²) < 4.78 is 27.6. The molecule has 0 amide bonds. The number of sulfone groups is 1. The lowest BCUT2D eigenvalue weighted by Gasteiger charge is -2.13. The molecule has 27 heavy (non-hydrogen) atoms. The van der Waals surface area contributed by atoms with E-state index in [4.69, 9.17) is 5.73 Å². The van der Waals surface area contributed by atoms with Gasteiger partial charge in [0.05, 0.1) is 5.69 Å². The second kappa shape index (κ2) is 6.95. The second-order valence-electron chi connectivity index (χ2n) is 6.43. The summed E-state index contributed by atoms with van der Waals surface area (Å²) in [6.07, 6.45) is 3.09. The largest absolute Gasteiger partial charge is 0.368 e. The van der Waals surface area contributed by atoms with Crippen molar-refractivity contribution >= 4 is 21.7 Å². The first-order valence-corrected chi connectivity index (χ1v) is 9.84. The van der Waals surface area contributed by atoms with Gasteiger partial charge in [0, 0.05) is 26.5 Å². The Morgan fingerprint density at radius 3 is 2.59 bits per heavy atom. The first-order chi connectivity index (χ1) is 12.7. The molecule has 0 unspecified atom stereocenters. The van der Waals surface area contributed by atoms with Crippen LogP contribution in [0.25, 0.3) is 5.69 Å². The van der Waals surface area contributed by atoms with Crippen LogP contribution in [-0.2, 0) is 15.6 Å². The lowest BCUT2D eigenvalue weighted by atomic mass is 10.1. The molecular weight excluding hydrogens is 366 g/mol. The highest BCUT2D eigenvalue weighted by Crippen LogP contribution is 2.22. The summed E-state index contributed by atoms with van der Waals surface area (Å²) in [4.78, 5) is 17.8.